The van der Waals surface area contributed by atoms with Crippen LogP contribution in [-0.2, 0) is 16.1 Å². The Morgan fingerprint density at radius 2 is 2.08 bits per heavy atom. The molecule has 0 saturated heterocycles. The maximum absolute atomic E-state index is 13.3. The second kappa shape index (κ2) is 8.12. The molecule has 6 nitrogen and oxygen atoms in total. The number of hydrogen-bond acceptors (Lipinski definition) is 3. The molecular weight excluding hydrogens is 337 g/mol. The largest absolute Gasteiger partial charge is 0.481 e. The molecule has 0 unspecified atom stereocenters. The zero-order valence-corrected chi connectivity index (χ0v) is 14.4. The SMILES string of the molecule is O=C(O)[C@H](C(=O)NCc1cnn(-c2cccc(F)c2)c1)C1CCCCC1. The number of rotatable bonds is 6. The molecule has 0 bridgehead atoms. The summed E-state index contributed by atoms with van der Waals surface area (Å²) in [4.78, 5) is 24.0. The van der Waals surface area contributed by atoms with Gasteiger partial charge in [-0.2, -0.15) is 5.10 Å². The van der Waals surface area contributed by atoms with Gasteiger partial charge in [-0.15, -0.1) is 0 Å². The van der Waals surface area contributed by atoms with Gasteiger partial charge in [-0.3, -0.25) is 9.59 Å². The number of halogens is 1. The number of carboxylic acids is 1. The van der Waals surface area contributed by atoms with E-state index in [0.717, 1.165) is 37.7 Å². The molecule has 2 aromatic rings. The summed E-state index contributed by atoms with van der Waals surface area (Å²) >= 11 is 0. The van der Waals surface area contributed by atoms with E-state index in [1.54, 1.807) is 24.5 Å². The Hall–Kier alpha value is -2.70. The maximum atomic E-state index is 13.3. The summed E-state index contributed by atoms with van der Waals surface area (Å²) in [7, 11) is 0. The first-order chi connectivity index (χ1) is 12.5. The van der Waals surface area contributed by atoms with E-state index in [-0.39, 0.29) is 18.3 Å². The Morgan fingerprint density at radius 3 is 2.77 bits per heavy atom. The van der Waals surface area contributed by atoms with Crippen LogP contribution in [0.3, 0.4) is 0 Å². The summed E-state index contributed by atoms with van der Waals surface area (Å²) in [5.41, 5.74) is 1.29. The standard InChI is InChI=1S/C19H22FN3O3/c20-15-7-4-8-16(9-15)23-12-13(11-22-23)10-21-18(24)17(19(25)26)14-5-2-1-3-6-14/h4,7-9,11-12,14,17H,1-3,5-6,10H2,(H,21,24)(H,25,26)/t17-/m0/s1. The number of benzene rings is 1. The van der Waals surface area contributed by atoms with Crippen molar-refractivity contribution in [2.24, 2.45) is 11.8 Å². The van der Waals surface area contributed by atoms with Gasteiger partial charge >= 0.3 is 5.97 Å². The molecule has 0 radical (unpaired) electrons. The van der Waals surface area contributed by atoms with E-state index >= 15 is 0 Å². The maximum Gasteiger partial charge on any atom is 0.316 e. The molecule has 1 aliphatic rings. The van der Waals surface area contributed by atoms with Crippen LogP contribution in [0, 0.1) is 17.7 Å². The number of carbonyl (C=O) groups is 2. The van der Waals surface area contributed by atoms with E-state index in [0.29, 0.717) is 5.69 Å². The highest BCUT2D eigenvalue weighted by atomic mass is 19.1. The van der Waals surface area contributed by atoms with Crippen LogP contribution in [0.2, 0.25) is 0 Å². The van der Waals surface area contributed by atoms with E-state index in [1.807, 2.05) is 0 Å². The monoisotopic (exact) mass is 359 g/mol. The lowest BCUT2D eigenvalue weighted by Gasteiger charge is -2.26. The highest BCUT2D eigenvalue weighted by molar-refractivity contribution is 5.97. The highest BCUT2D eigenvalue weighted by Crippen LogP contribution is 2.30. The van der Waals surface area contributed by atoms with Gasteiger partial charge in [0.1, 0.15) is 11.7 Å². The van der Waals surface area contributed by atoms with Crippen LogP contribution < -0.4 is 5.32 Å². The van der Waals surface area contributed by atoms with Gasteiger partial charge in [-0.1, -0.05) is 25.3 Å². The second-order valence-electron chi connectivity index (χ2n) is 6.70. The molecule has 1 aliphatic carbocycles. The van der Waals surface area contributed by atoms with Crippen LogP contribution in [0.5, 0.6) is 0 Å². The third kappa shape index (κ3) is 4.28. The van der Waals surface area contributed by atoms with Crippen molar-refractivity contribution in [2.45, 2.75) is 38.6 Å². The number of hydrogen-bond donors (Lipinski definition) is 2. The molecular formula is C19H22FN3O3. The van der Waals surface area contributed by atoms with Crippen LogP contribution in [0.25, 0.3) is 5.69 Å². The Balaban J connectivity index is 1.62. The van der Waals surface area contributed by atoms with E-state index in [9.17, 15) is 19.1 Å². The van der Waals surface area contributed by atoms with Gasteiger partial charge in [0, 0.05) is 18.3 Å². The second-order valence-corrected chi connectivity index (χ2v) is 6.70. The third-order valence-electron chi connectivity index (χ3n) is 4.85. The third-order valence-corrected chi connectivity index (χ3v) is 4.85. The van der Waals surface area contributed by atoms with Crippen LogP contribution in [0.4, 0.5) is 4.39 Å². The Labute approximate surface area is 151 Å². The number of nitrogens with one attached hydrogen (secondary N) is 1. The van der Waals surface area contributed by atoms with Crippen molar-refractivity contribution >= 4 is 11.9 Å². The van der Waals surface area contributed by atoms with E-state index in [4.69, 9.17) is 0 Å². The van der Waals surface area contributed by atoms with Gasteiger partial charge in [0.05, 0.1) is 11.9 Å². The average Bonchev–Trinajstić information content (AvgIpc) is 3.10. The molecule has 26 heavy (non-hydrogen) atoms. The smallest absolute Gasteiger partial charge is 0.316 e. The number of carboxylic acid groups (broad SMARTS) is 1. The molecule has 7 heteroatoms. The number of aliphatic carboxylic acids is 1. The zero-order chi connectivity index (χ0) is 18.5. The first-order valence-corrected chi connectivity index (χ1v) is 8.84. The van der Waals surface area contributed by atoms with Crippen LogP contribution in [0.1, 0.15) is 37.7 Å². The summed E-state index contributed by atoms with van der Waals surface area (Å²) in [6, 6.07) is 6.03. The lowest BCUT2D eigenvalue weighted by molar-refractivity contribution is -0.150. The van der Waals surface area contributed by atoms with Gasteiger partial charge in [0.15, 0.2) is 0 Å². The van der Waals surface area contributed by atoms with Crippen molar-refractivity contribution in [1.82, 2.24) is 15.1 Å². The molecule has 3 rings (SSSR count). The van der Waals surface area contributed by atoms with Gasteiger partial charge < -0.3 is 10.4 Å². The molecule has 1 saturated carbocycles. The predicted octanol–water partition coefficient (Wildman–Crippen LogP) is 2.91. The van der Waals surface area contributed by atoms with E-state index in [1.165, 1.54) is 16.8 Å². The number of nitrogens with zero attached hydrogens (tertiary/aromatic N) is 2. The number of amides is 1. The summed E-state index contributed by atoms with van der Waals surface area (Å²) in [6.45, 7) is 0.185. The summed E-state index contributed by atoms with van der Waals surface area (Å²) in [5.74, 6) is -2.98. The minimum Gasteiger partial charge on any atom is -0.481 e. The van der Waals surface area contributed by atoms with Gasteiger partial charge in [0.2, 0.25) is 5.91 Å². The Bertz CT molecular complexity index is 784. The molecule has 1 amide bonds. The van der Waals surface area contributed by atoms with Crippen molar-refractivity contribution in [1.29, 1.82) is 0 Å². The average molecular weight is 359 g/mol. The van der Waals surface area contributed by atoms with Gasteiger partial charge in [-0.05, 0) is 37.0 Å². The molecule has 1 aromatic carbocycles. The first kappa shape index (κ1) is 18.1. The lowest BCUT2D eigenvalue weighted by Crippen LogP contribution is -2.40. The van der Waals surface area contributed by atoms with E-state index in [2.05, 4.69) is 10.4 Å². The summed E-state index contributed by atoms with van der Waals surface area (Å²) < 4.78 is 14.8. The minimum atomic E-state index is -1.06. The highest BCUT2D eigenvalue weighted by Gasteiger charge is 2.35. The summed E-state index contributed by atoms with van der Waals surface area (Å²) in [6.07, 6.45) is 7.87. The first-order valence-electron chi connectivity index (χ1n) is 8.84. The van der Waals surface area contributed by atoms with E-state index < -0.39 is 17.8 Å². The molecule has 1 aromatic heterocycles. The van der Waals surface area contributed by atoms with Crippen LogP contribution in [0.15, 0.2) is 36.7 Å². The Kier molecular flexibility index (Phi) is 5.65. The molecule has 1 heterocycles. The summed E-state index contributed by atoms with van der Waals surface area (Å²) in [5, 5.41) is 16.3. The van der Waals surface area contributed by atoms with Crippen molar-refractivity contribution in [3.8, 4) is 5.69 Å². The van der Waals surface area contributed by atoms with Gasteiger partial charge in [-0.25, -0.2) is 9.07 Å². The van der Waals surface area contributed by atoms with Crippen LogP contribution >= 0.6 is 0 Å². The normalized spacial score (nSPS) is 16.2. The topological polar surface area (TPSA) is 84.2 Å². The van der Waals surface area contributed by atoms with Crippen molar-refractivity contribution < 1.29 is 19.1 Å². The quantitative estimate of drug-likeness (QED) is 0.777. The lowest BCUT2D eigenvalue weighted by atomic mass is 9.79. The predicted molar refractivity (Wildman–Crippen MR) is 93.1 cm³/mol. The molecule has 138 valence electrons. The molecule has 2 N–H and O–H groups in total. The molecule has 0 spiro atoms. The number of carbonyl (C=O) groups excluding carboxylic acids is 1. The minimum absolute atomic E-state index is 0.101. The van der Waals surface area contributed by atoms with Crippen LogP contribution in [-0.4, -0.2) is 26.8 Å². The van der Waals surface area contributed by atoms with Crippen molar-refractivity contribution in [2.75, 3.05) is 0 Å². The molecule has 1 fully saturated rings. The van der Waals surface area contributed by atoms with Crippen molar-refractivity contribution in [3.63, 3.8) is 0 Å². The van der Waals surface area contributed by atoms with Gasteiger partial charge in [0.25, 0.3) is 0 Å². The molecule has 0 aliphatic heterocycles. The van der Waals surface area contributed by atoms with Crippen molar-refractivity contribution in [3.05, 3.63) is 48.0 Å². The zero-order valence-electron chi connectivity index (χ0n) is 14.4. The fraction of sp³-hybridized carbons (Fsp3) is 0.421. The number of aromatic nitrogens is 2. The fourth-order valence-corrected chi connectivity index (χ4v) is 3.51. The molecule has 1 atom stereocenters. The Morgan fingerprint density at radius 1 is 1.31 bits per heavy atom. The fourth-order valence-electron chi connectivity index (χ4n) is 3.51.